The smallest absolute Gasteiger partial charge is 0.0947 e. The molecule has 0 fully saturated rings. The topological polar surface area (TPSA) is 6.48 Å². The van der Waals surface area contributed by atoms with Gasteiger partial charge in [0, 0.05) is 0 Å². The van der Waals surface area contributed by atoms with Crippen LogP contribution in [0.25, 0.3) is 0 Å². The number of hydrogen-bond acceptors (Lipinski definition) is 2. The molecule has 0 unspecified atom stereocenters. The van der Waals surface area contributed by atoms with Crippen molar-refractivity contribution in [2.75, 3.05) is 26.2 Å². The predicted octanol–water partition coefficient (Wildman–Crippen LogP) is 2.23. The fourth-order valence-electron chi connectivity index (χ4n) is 2.61. The molecule has 0 aliphatic carbocycles. The van der Waals surface area contributed by atoms with E-state index in [-0.39, 0.29) is 19.4 Å². The fourth-order valence-corrected chi connectivity index (χ4v) is 7.45. The number of nitrogens with zero attached hydrogens (tertiary/aromatic N) is 2. The summed E-state index contributed by atoms with van der Waals surface area (Å²) in [6.45, 7) is 14.7. The SMILES string of the molecule is CCCN(CCC)[SiH2]CC[SiH2]N(CCC)CCC. The Bertz CT molecular complexity index is 138. The van der Waals surface area contributed by atoms with Crippen LogP contribution in [0, 0.1) is 0 Å². The lowest BCUT2D eigenvalue weighted by Gasteiger charge is -2.23. The van der Waals surface area contributed by atoms with E-state index >= 15 is 0 Å². The summed E-state index contributed by atoms with van der Waals surface area (Å²) in [6, 6.07) is 3.13. The van der Waals surface area contributed by atoms with Gasteiger partial charge in [-0.05, 0) is 51.9 Å². The van der Waals surface area contributed by atoms with Crippen LogP contribution in [0.5, 0.6) is 0 Å². The van der Waals surface area contributed by atoms with E-state index in [1.54, 1.807) is 12.1 Å². The Morgan fingerprint density at radius 2 is 0.833 bits per heavy atom. The van der Waals surface area contributed by atoms with E-state index in [2.05, 4.69) is 36.8 Å². The number of rotatable bonds is 13. The molecule has 0 atom stereocenters. The van der Waals surface area contributed by atoms with Crippen molar-refractivity contribution in [2.45, 2.75) is 65.5 Å². The van der Waals surface area contributed by atoms with Crippen LogP contribution in [-0.4, -0.2) is 54.7 Å². The second kappa shape index (κ2) is 13.8. The Hall–Kier alpha value is 0.354. The van der Waals surface area contributed by atoms with Crippen LogP contribution in [-0.2, 0) is 0 Å². The van der Waals surface area contributed by atoms with E-state index in [9.17, 15) is 0 Å². The van der Waals surface area contributed by atoms with Gasteiger partial charge in [-0.1, -0.05) is 39.8 Å². The van der Waals surface area contributed by atoms with Gasteiger partial charge in [0.25, 0.3) is 0 Å². The molecule has 0 amide bonds. The van der Waals surface area contributed by atoms with Crippen molar-refractivity contribution in [3.63, 3.8) is 0 Å². The van der Waals surface area contributed by atoms with E-state index in [4.69, 9.17) is 0 Å². The molecule has 0 radical (unpaired) electrons. The predicted molar refractivity (Wildman–Crippen MR) is 91.0 cm³/mol. The normalized spacial score (nSPS) is 13.0. The minimum Gasteiger partial charge on any atom is -0.329 e. The first kappa shape index (κ1) is 18.4. The molecule has 2 nitrogen and oxygen atoms in total. The standard InChI is InChI=1S/C14H36N2Si2/c1-5-9-15(10-6-2)17-13-14-18-16(11-7-3)12-8-4/h5-14,17-18H2,1-4H3. The van der Waals surface area contributed by atoms with Gasteiger partial charge in [-0.25, -0.2) is 0 Å². The van der Waals surface area contributed by atoms with Gasteiger partial charge in [-0.15, -0.1) is 0 Å². The molecule has 0 bridgehead atoms. The lowest BCUT2D eigenvalue weighted by molar-refractivity contribution is 0.435. The molecule has 0 saturated heterocycles. The van der Waals surface area contributed by atoms with E-state index in [1.165, 1.54) is 51.9 Å². The average molecular weight is 289 g/mol. The number of hydrogen-bond donors (Lipinski definition) is 0. The van der Waals surface area contributed by atoms with Gasteiger partial charge in [0.2, 0.25) is 0 Å². The van der Waals surface area contributed by atoms with Crippen LogP contribution in [0.3, 0.4) is 0 Å². The first-order valence-electron chi connectivity index (χ1n) is 8.23. The highest BCUT2D eigenvalue weighted by atomic mass is 28.2. The molecule has 4 heteroatoms. The third-order valence-corrected chi connectivity index (χ3v) is 8.52. The molecule has 0 aromatic heterocycles. The van der Waals surface area contributed by atoms with Crippen LogP contribution >= 0.6 is 0 Å². The molecule has 110 valence electrons. The Morgan fingerprint density at radius 1 is 0.556 bits per heavy atom. The van der Waals surface area contributed by atoms with Gasteiger partial charge in [0.1, 0.15) is 0 Å². The second-order valence-corrected chi connectivity index (χ2v) is 9.49. The molecule has 0 aliphatic rings. The van der Waals surface area contributed by atoms with E-state index in [0.29, 0.717) is 0 Å². The molecular formula is C14H36N2Si2. The van der Waals surface area contributed by atoms with Crippen molar-refractivity contribution < 1.29 is 0 Å². The summed E-state index contributed by atoms with van der Waals surface area (Å²) < 4.78 is 5.58. The lowest BCUT2D eigenvalue weighted by atomic mass is 10.4. The quantitative estimate of drug-likeness (QED) is 0.379. The van der Waals surface area contributed by atoms with Crippen molar-refractivity contribution in [1.29, 1.82) is 0 Å². The largest absolute Gasteiger partial charge is 0.329 e. The lowest BCUT2D eigenvalue weighted by Crippen LogP contribution is -2.32. The zero-order chi connectivity index (χ0) is 13.6. The van der Waals surface area contributed by atoms with Crippen LogP contribution in [0.15, 0.2) is 0 Å². The van der Waals surface area contributed by atoms with E-state index < -0.39 is 0 Å². The van der Waals surface area contributed by atoms with Crippen molar-refractivity contribution >= 4 is 19.4 Å². The second-order valence-electron chi connectivity index (χ2n) is 5.39. The molecule has 0 heterocycles. The third-order valence-electron chi connectivity index (χ3n) is 3.36. The van der Waals surface area contributed by atoms with Gasteiger partial charge < -0.3 is 9.13 Å². The highest BCUT2D eigenvalue weighted by Gasteiger charge is 2.05. The molecule has 18 heavy (non-hydrogen) atoms. The molecule has 0 aromatic carbocycles. The summed E-state index contributed by atoms with van der Waals surface area (Å²) in [6.07, 6.45) is 5.34. The maximum Gasteiger partial charge on any atom is 0.0947 e. The van der Waals surface area contributed by atoms with Crippen LogP contribution in [0.2, 0.25) is 12.1 Å². The Balaban J connectivity index is 3.66. The maximum absolute atomic E-state index is 2.79. The highest BCUT2D eigenvalue weighted by molar-refractivity contribution is 6.38. The van der Waals surface area contributed by atoms with Crippen LogP contribution in [0.4, 0.5) is 0 Å². The Kier molecular flexibility index (Phi) is 14.0. The third kappa shape index (κ3) is 10.3. The van der Waals surface area contributed by atoms with Crippen molar-refractivity contribution in [3.05, 3.63) is 0 Å². The van der Waals surface area contributed by atoms with Crippen molar-refractivity contribution in [1.82, 2.24) is 9.13 Å². The van der Waals surface area contributed by atoms with Crippen LogP contribution < -0.4 is 0 Å². The first-order valence-corrected chi connectivity index (χ1v) is 11.5. The summed E-state index contributed by atoms with van der Waals surface area (Å²) >= 11 is 0. The van der Waals surface area contributed by atoms with E-state index in [0.717, 1.165) is 0 Å². The van der Waals surface area contributed by atoms with Crippen molar-refractivity contribution in [3.8, 4) is 0 Å². The first-order chi connectivity index (χ1) is 8.78. The molecule has 0 aliphatic heterocycles. The molecule has 0 N–H and O–H groups in total. The van der Waals surface area contributed by atoms with Gasteiger partial charge >= 0.3 is 0 Å². The minimum atomic E-state index is 0.0738. The van der Waals surface area contributed by atoms with Gasteiger partial charge in [-0.3, -0.25) is 0 Å². The highest BCUT2D eigenvalue weighted by Crippen LogP contribution is 2.01. The monoisotopic (exact) mass is 288 g/mol. The van der Waals surface area contributed by atoms with E-state index in [1.807, 2.05) is 0 Å². The fraction of sp³-hybridized carbons (Fsp3) is 1.00. The Labute approximate surface area is 120 Å². The minimum absolute atomic E-state index is 0.0738. The zero-order valence-corrected chi connectivity index (χ0v) is 16.2. The molecular weight excluding hydrogens is 252 g/mol. The summed E-state index contributed by atoms with van der Waals surface area (Å²) in [5.74, 6) is 0. The molecule has 0 aromatic rings. The summed E-state index contributed by atoms with van der Waals surface area (Å²) in [5.41, 5.74) is 0. The van der Waals surface area contributed by atoms with Gasteiger partial charge in [-0.2, -0.15) is 0 Å². The van der Waals surface area contributed by atoms with Gasteiger partial charge in [0.15, 0.2) is 0 Å². The molecule has 0 saturated carbocycles. The summed E-state index contributed by atoms with van der Waals surface area (Å²) in [4.78, 5) is 0. The maximum atomic E-state index is 2.79. The van der Waals surface area contributed by atoms with Crippen molar-refractivity contribution in [2.24, 2.45) is 0 Å². The Morgan fingerprint density at radius 3 is 1.06 bits per heavy atom. The average Bonchev–Trinajstić information content (AvgIpc) is 2.35. The van der Waals surface area contributed by atoms with Gasteiger partial charge in [0.05, 0.1) is 19.4 Å². The van der Waals surface area contributed by atoms with Crippen LogP contribution in [0.1, 0.15) is 53.4 Å². The molecule has 0 rings (SSSR count). The molecule has 0 spiro atoms. The zero-order valence-electron chi connectivity index (χ0n) is 13.4. The summed E-state index contributed by atoms with van der Waals surface area (Å²) in [5, 5.41) is 0. The summed E-state index contributed by atoms with van der Waals surface area (Å²) in [7, 11) is 0.148.